The molecule has 1 N–H and O–H groups in total. The molecule has 5 heteroatoms. The highest BCUT2D eigenvalue weighted by Crippen LogP contribution is 2.16. The third kappa shape index (κ3) is 3.38. The van der Waals surface area contributed by atoms with Crippen LogP contribution in [0.25, 0.3) is 0 Å². The lowest BCUT2D eigenvalue weighted by Crippen LogP contribution is -2.18. The second-order valence-electron chi connectivity index (χ2n) is 3.87. The van der Waals surface area contributed by atoms with Crippen molar-refractivity contribution in [2.45, 2.75) is 26.4 Å². The summed E-state index contributed by atoms with van der Waals surface area (Å²) in [6, 6.07) is 8.48. The molecule has 0 aliphatic heterocycles. The number of hydrogen-bond donors (Lipinski definition) is 1. The van der Waals surface area contributed by atoms with E-state index in [4.69, 9.17) is 4.42 Å². The minimum atomic E-state index is 0.246. The van der Waals surface area contributed by atoms with E-state index in [0.717, 1.165) is 4.47 Å². The predicted molar refractivity (Wildman–Crippen MR) is 68.4 cm³/mol. The Hall–Kier alpha value is -1.20. The molecule has 0 unspecified atom stereocenters. The van der Waals surface area contributed by atoms with Crippen LogP contribution in [0.4, 0.5) is 0 Å². The van der Waals surface area contributed by atoms with Crippen LogP contribution in [0.15, 0.2) is 33.2 Å². The molecular formula is C12H14BrN3O. The lowest BCUT2D eigenvalue weighted by molar-refractivity contribution is 0.430. The molecule has 0 aliphatic carbocycles. The van der Waals surface area contributed by atoms with Crippen molar-refractivity contribution in [3.05, 3.63) is 46.1 Å². The van der Waals surface area contributed by atoms with Gasteiger partial charge in [-0.15, -0.1) is 10.2 Å². The minimum absolute atomic E-state index is 0.246. The number of benzene rings is 1. The van der Waals surface area contributed by atoms with E-state index in [1.807, 2.05) is 12.1 Å². The van der Waals surface area contributed by atoms with Gasteiger partial charge in [-0.25, -0.2) is 0 Å². The highest BCUT2D eigenvalue weighted by molar-refractivity contribution is 9.10. The van der Waals surface area contributed by atoms with Crippen LogP contribution in [0, 0.1) is 6.92 Å². The van der Waals surface area contributed by atoms with Crippen LogP contribution in [-0.2, 0) is 6.54 Å². The van der Waals surface area contributed by atoms with Crippen molar-refractivity contribution in [1.82, 2.24) is 15.5 Å². The van der Waals surface area contributed by atoms with E-state index < -0.39 is 0 Å². The van der Waals surface area contributed by atoms with E-state index in [2.05, 4.69) is 50.5 Å². The van der Waals surface area contributed by atoms with Gasteiger partial charge < -0.3 is 9.73 Å². The van der Waals surface area contributed by atoms with Crippen LogP contribution in [0.3, 0.4) is 0 Å². The SMILES string of the molecule is Cc1nnc(CN[C@H](C)c2ccc(Br)cc2)o1. The third-order valence-electron chi connectivity index (χ3n) is 2.50. The first-order chi connectivity index (χ1) is 8.15. The van der Waals surface area contributed by atoms with Crippen LogP contribution in [0.5, 0.6) is 0 Å². The van der Waals surface area contributed by atoms with Crippen molar-refractivity contribution in [2.75, 3.05) is 0 Å². The number of nitrogens with zero attached hydrogens (tertiary/aromatic N) is 2. The summed E-state index contributed by atoms with van der Waals surface area (Å²) in [5, 5.41) is 11.1. The first-order valence-electron chi connectivity index (χ1n) is 5.43. The summed E-state index contributed by atoms with van der Waals surface area (Å²) >= 11 is 3.42. The van der Waals surface area contributed by atoms with Crippen molar-refractivity contribution in [2.24, 2.45) is 0 Å². The Morgan fingerprint density at radius 3 is 2.59 bits per heavy atom. The summed E-state index contributed by atoms with van der Waals surface area (Å²) in [5.41, 5.74) is 1.23. The lowest BCUT2D eigenvalue weighted by atomic mass is 10.1. The molecule has 0 fully saturated rings. The normalized spacial score (nSPS) is 12.6. The number of hydrogen-bond acceptors (Lipinski definition) is 4. The maximum atomic E-state index is 5.30. The van der Waals surface area contributed by atoms with Gasteiger partial charge in [0.25, 0.3) is 0 Å². The molecule has 2 aromatic rings. The highest BCUT2D eigenvalue weighted by atomic mass is 79.9. The molecule has 0 saturated carbocycles. The molecule has 17 heavy (non-hydrogen) atoms. The van der Waals surface area contributed by atoms with Gasteiger partial charge >= 0.3 is 0 Å². The molecule has 0 spiro atoms. The largest absolute Gasteiger partial charge is 0.424 e. The number of rotatable bonds is 4. The van der Waals surface area contributed by atoms with Gasteiger partial charge in [-0.05, 0) is 24.6 Å². The standard InChI is InChI=1S/C12H14BrN3O/c1-8(10-3-5-11(13)6-4-10)14-7-12-16-15-9(2)17-12/h3-6,8,14H,7H2,1-2H3/t8-/m1/s1. The molecule has 0 aliphatic rings. The molecule has 90 valence electrons. The second-order valence-corrected chi connectivity index (χ2v) is 4.78. The van der Waals surface area contributed by atoms with Crippen molar-refractivity contribution in [1.29, 1.82) is 0 Å². The van der Waals surface area contributed by atoms with Gasteiger partial charge in [0.2, 0.25) is 11.8 Å². The van der Waals surface area contributed by atoms with Crippen molar-refractivity contribution < 1.29 is 4.42 Å². The zero-order valence-electron chi connectivity index (χ0n) is 9.77. The van der Waals surface area contributed by atoms with Crippen LogP contribution in [-0.4, -0.2) is 10.2 Å². The number of nitrogens with one attached hydrogen (secondary N) is 1. The molecule has 0 radical (unpaired) electrons. The summed E-state index contributed by atoms with van der Waals surface area (Å²) in [5.74, 6) is 1.21. The van der Waals surface area contributed by atoms with Crippen LogP contribution in [0.2, 0.25) is 0 Å². The Labute approximate surface area is 109 Å². The molecule has 4 nitrogen and oxygen atoms in total. The van der Waals surface area contributed by atoms with Gasteiger partial charge in [0.05, 0.1) is 6.54 Å². The quantitative estimate of drug-likeness (QED) is 0.942. The van der Waals surface area contributed by atoms with E-state index >= 15 is 0 Å². The van der Waals surface area contributed by atoms with Crippen LogP contribution >= 0.6 is 15.9 Å². The maximum absolute atomic E-state index is 5.30. The van der Waals surface area contributed by atoms with Crippen LogP contribution in [0.1, 0.15) is 30.3 Å². The van der Waals surface area contributed by atoms with Gasteiger partial charge in [-0.1, -0.05) is 28.1 Å². The van der Waals surface area contributed by atoms with Crippen molar-refractivity contribution in [3.63, 3.8) is 0 Å². The predicted octanol–water partition coefficient (Wildman–Crippen LogP) is 2.99. The molecule has 0 amide bonds. The molecule has 1 heterocycles. The Kier molecular flexibility index (Phi) is 3.91. The summed E-state index contributed by atoms with van der Waals surface area (Å²) in [7, 11) is 0. The Bertz CT molecular complexity index is 481. The van der Waals surface area contributed by atoms with Crippen LogP contribution < -0.4 is 5.32 Å². The zero-order chi connectivity index (χ0) is 12.3. The molecule has 0 bridgehead atoms. The van der Waals surface area contributed by atoms with Gasteiger partial charge in [-0.3, -0.25) is 0 Å². The number of aryl methyl sites for hydroxylation is 1. The summed E-state index contributed by atoms with van der Waals surface area (Å²) < 4.78 is 6.38. The molecule has 0 saturated heterocycles. The fourth-order valence-corrected chi connectivity index (χ4v) is 1.78. The van der Waals surface area contributed by atoms with E-state index in [1.165, 1.54) is 5.56 Å². The topological polar surface area (TPSA) is 51.0 Å². The number of aromatic nitrogens is 2. The average molecular weight is 296 g/mol. The first-order valence-corrected chi connectivity index (χ1v) is 6.22. The van der Waals surface area contributed by atoms with Crippen molar-refractivity contribution in [3.8, 4) is 0 Å². The summed E-state index contributed by atoms with van der Waals surface area (Å²) in [4.78, 5) is 0. The Morgan fingerprint density at radius 1 is 1.29 bits per heavy atom. The van der Waals surface area contributed by atoms with Gasteiger partial charge in [0.15, 0.2) is 0 Å². The first kappa shape index (κ1) is 12.3. The van der Waals surface area contributed by atoms with E-state index in [-0.39, 0.29) is 6.04 Å². The van der Waals surface area contributed by atoms with E-state index in [9.17, 15) is 0 Å². The Morgan fingerprint density at radius 2 is 2.00 bits per heavy atom. The third-order valence-corrected chi connectivity index (χ3v) is 3.03. The summed E-state index contributed by atoms with van der Waals surface area (Å²) in [6.07, 6.45) is 0. The molecule has 1 atom stereocenters. The molecular weight excluding hydrogens is 282 g/mol. The highest BCUT2D eigenvalue weighted by Gasteiger charge is 2.07. The van der Waals surface area contributed by atoms with Crippen molar-refractivity contribution >= 4 is 15.9 Å². The second kappa shape index (κ2) is 5.42. The maximum Gasteiger partial charge on any atom is 0.230 e. The Balaban J connectivity index is 1.93. The fourth-order valence-electron chi connectivity index (χ4n) is 1.52. The van der Waals surface area contributed by atoms with E-state index in [0.29, 0.717) is 18.3 Å². The zero-order valence-corrected chi connectivity index (χ0v) is 11.4. The smallest absolute Gasteiger partial charge is 0.230 e. The van der Waals surface area contributed by atoms with Gasteiger partial charge in [0, 0.05) is 17.4 Å². The van der Waals surface area contributed by atoms with Gasteiger partial charge in [0.1, 0.15) is 0 Å². The molecule has 2 rings (SSSR count). The van der Waals surface area contributed by atoms with E-state index in [1.54, 1.807) is 6.92 Å². The number of halogens is 1. The minimum Gasteiger partial charge on any atom is -0.424 e. The summed E-state index contributed by atoms with van der Waals surface area (Å²) in [6.45, 7) is 4.47. The fraction of sp³-hybridized carbons (Fsp3) is 0.333. The van der Waals surface area contributed by atoms with Gasteiger partial charge in [-0.2, -0.15) is 0 Å². The lowest BCUT2D eigenvalue weighted by Gasteiger charge is -2.12. The average Bonchev–Trinajstić information content (AvgIpc) is 2.73. The molecule has 1 aromatic carbocycles. The monoisotopic (exact) mass is 295 g/mol. The molecule has 1 aromatic heterocycles.